The van der Waals surface area contributed by atoms with Crippen molar-refractivity contribution in [1.82, 2.24) is 10.3 Å². The van der Waals surface area contributed by atoms with Crippen molar-refractivity contribution in [2.75, 3.05) is 14.2 Å². The van der Waals surface area contributed by atoms with E-state index < -0.39 is 17.8 Å². The predicted octanol–water partition coefficient (Wildman–Crippen LogP) is 3.51. The number of carbonyl (C=O) groups excluding carboxylic acids is 1. The highest BCUT2D eigenvalue weighted by atomic mass is 32.1. The summed E-state index contributed by atoms with van der Waals surface area (Å²) in [5.74, 6) is -0.444. The van der Waals surface area contributed by atoms with Crippen LogP contribution in [0.15, 0.2) is 33.9 Å². The minimum atomic E-state index is -4.51. The number of amides is 1. The van der Waals surface area contributed by atoms with E-state index in [-0.39, 0.29) is 23.0 Å². The first-order valence-corrected chi connectivity index (χ1v) is 9.18. The fourth-order valence-electron chi connectivity index (χ4n) is 2.34. The standard InChI is InChI=1S/C18H19F3N4O3S/c1-10-6-5-7-12(15(25-27-4)16(26)22-3)13(10)8-28-24-11(2)17-23-14(9-29-17)18(19,20)21/h5-7,9H,8H2,1-4H3,(H,22,26)/b24-11+,25-15+. The Hall–Kier alpha value is -2.95. The quantitative estimate of drug-likeness (QED) is 0.540. The van der Waals surface area contributed by atoms with Gasteiger partial charge in [0, 0.05) is 23.6 Å². The van der Waals surface area contributed by atoms with E-state index >= 15 is 0 Å². The summed E-state index contributed by atoms with van der Waals surface area (Å²) < 4.78 is 38.0. The number of alkyl halides is 3. The smallest absolute Gasteiger partial charge is 0.398 e. The van der Waals surface area contributed by atoms with Crippen molar-refractivity contribution in [2.24, 2.45) is 10.3 Å². The van der Waals surface area contributed by atoms with Crippen molar-refractivity contribution in [3.8, 4) is 0 Å². The molecule has 2 rings (SSSR count). The molecule has 1 amide bonds. The van der Waals surface area contributed by atoms with Crippen LogP contribution >= 0.6 is 11.3 Å². The zero-order chi connectivity index (χ0) is 21.6. The number of likely N-dealkylation sites (N-methyl/N-ethyl adjacent to an activating group) is 1. The van der Waals surface area contributed by atoms with Crippen LogP contribution in [0.1, 0.15) is 34.3 Å². The van der Waals surface area contributed by atoms with Crippen LogP contribution in [0.25, 0.3) is 0 Å². The lowest BCUT2D eigenvalue weighted by Gasteiger charge is -2.12. The van der Waals surface area contributed by atoms with Gasteiger partial charge in [-0.05, 0) is 19.4 Å². The molecule has 11 heteroatoms. The molecule has 0 spiro atoms. The first-order valence-electron chi connectivity index (χ1n) is 8.30. The zero-order valence-electron chi connectivity index (χ0n) is 16.1. The summed E-state index contributed by atoms with van der Waals surface area (Å²) in [7, 11) is 2.79. The molecule has 0 aliphatic carbocycles. The third-order valence-corrected chi connectivity index (χ3v) is 4.76. The fraction of sp³-hybridized carbons (Fsp3) is 0.333. The topological polar surface area (TPSA) is 85.2 Å². The van der Waals surface area contributed by atoms with E-state index in [1.807, 2.05) is 13.0 Å². The largest absolute Gasteiger partial charge is 0.434 e. The van der Waals surface area contributed by atoms with Gasteiger partial charge in [0.2, 0.25) is 0 Å². The Morgan fingerprint density at radius 3 is 2.62 bits per heavy atom. The molecule has 0 radical (unpaired) electrons. The molecule has 29 heavy (non-hydrogen) atoms. The van der Waals surface area contributed by atoms with Crippen molar-refractivity contribution in [2.45, 2.75) is 26.6 Å². The average molecular weight is 428 g/mol. The highest BCUT2D eigenvalue weighted by Gasteiger charge is 2.34. The summed E-state index contributed by atoms with van der Waals surface area (Å²) in [6.45, 7) is 3.29. The summed E-state index contributed by atoms with van der Waals surface area (Å²) in [6.07, 6.45) is -4.51. The zero-order valence-corrected chi connectivity index (χ0v) is 16.9. The fourth-order valence-corrected chi connectivity index (χ4v) is 3.11. The number of thiazole rings is 1. The molecule has 0 saturated carbocycles. The van der Waals surface area contributed by atoms with E-state index in [2.05, 4.69) is 20.6 Å². The van der Waals surface area contributed by atoms with Crippen LogP contribution in [-0.2, 0) is 27.3 Å². The maximum absolute atomic E-state index is 12.7. The van der Waals surface area contributed by atoms with E-state index in [1.165, 1.54) is 21.1 Å². The Labute approximate surface area is 169 Å². The van der Waals surface area contributed by atoms with Gasteiger partial charge in [-0.25, -0.2) is 4.98 Å². The highest BCUT2D eigenvalue weighted by Crippen LogP contribution is 2.30. The molecule has 1 aromatic carbocycles. The van der Waals surface area contributed by atoms with Crippen LogP contribution < -0.4 is 5.32 Å². The van der Waals surface area contributed by atoms with Gasteiger partial charge in [0.25, 0.3) is 5.91 Å². The van der Waals surface area contributed by atoms with Gasteiger partial charge in [-0.3, -0.25) is 4.79 Å². The van der Waals surface area contributed by atoms with Crippen LogP contribution in [0, 0.1) is 6.92 Å². The summed E-state index contributed by atoms with van der Waals surface area (Å²) in [6, 6.07) is 5.26. The number of rotatable bonds is 7. The molecule has 0 aliphatic heterocycles. The Morgan fingerprint density at radius 2 is 2.03 bits per heavy atom. The van der Waals surface area contributed by atoms with E-state index in [4.69, 9.17) is 9.68 Å². The molecule has 7 nitrogen and oxygen atoms in total. The second-order valence-corrected chi connectivity index (χ2v) is 6.65. The summed E-state index contributed by atoms with van der Waals surface area (Å²) >= 11 is 0.825. The number of aromatic nitrogens is 1. The number of aryl methyl sites for hydroxylation is 1. The monoisotopic (exact) mass is 428 g/mol. The number of carbonyl (C=O) groups is 1. The van der Waals surface area contributed by atoms with Crippen molar-refractivity contribution in [3.05, 3.63) is 51.0 Å². The van der Waals surface area contributed by atoms with Gasteiger partial charge < -0.3 is 15.0 Å². The van der Waals surface area contributed by atoms with Gasteiger partial charge in [-0.2, -0.15) is 13.2 Å². The Morgan fingerprint density at radius 1 is 1.31 bits per heavy atom. The van der Waals surface area contributed by atoms with E-state index in [9.17, 15) is 18.0 Å². The molecule has 0 atom stereocenters. The molecule has 1 heterocycles. The second-order valence-electron chi connectivity index (χ2n) is 5.79. The Kier molecular flexibility index (Phi) is 7.32. The highest BCUT2D eigenvalue weighted by molar-refractivity contribution is 7.11. The van der Waals surface area contributed by atoms with Gasteiger partial charge in [0.15, 0.2) is 11.4 Å². The maximum atomic E-state index is 12.7. The minimum Gasteiger partial charge on any atom is -0.398 e. The van der Waals surface area contributed by atoms with Crippen LogP contribution in [0.3, 0.4) is 0 Å². The summed E-state index contributed by atoms with van der Waals surface area (Å²) in [5.41, 5.74) is 1.24. The van der Waals surface area contributed by atoms with Gasteiger partial charge in [0.05, 0.1) is 0 Å². The Balaban J connectivity index is 2.24. The molecule has 1 N–H and O–H groups in total. The Bertz CT molecular complexity index is 939. The lowest BCUT2D eigenvalue weighted by molar-refractivity contribution is -0.140. The molecule has 0 aliphatic rings. The van der Waals surface area contributed by atoms with Gasteiger partial charge >= 0.3 is 6.18 Å². The minimum absolute atomic E-state index is 0.0312. The molecular weight excluding hydrogens is 409 g/mol. The number of nitrogens with one attached hydrogen (secondary N) is 1. The molecule has 0 bridgehead atoms. The lowest BCUT2D eigenvalue weighted by Crippen LogP contribution is -2.29. The predicted molar refractivity (Wildman–Crippen MR) is 103 cm³/mol. The van der Waals surface area contributed by atoms with E-state index in [0.717, 1.165) is 22.3 Å². The van der Waals surface area contributed by atoms with Crippen LogP contribution in [0.5, 0.6) is 0 Å². The van der Waals surface area contributed by atoms with Gasteiger partial charge in [-0.15, -0.1) is 11.3 Å². The third-order valence-electron chi connectivity index (χ3n) is 3.80. The van der Waals surface area contributed by atoms with Crippen LogP contribution in [-0.4, -0.2) is 36.5 Å². The first kappa shape index (κ1) is 22.3. The SMILES string of the molecule is CNC(=O)/C(=N/OC)c1cccc(C)c1CO/N=C(\C)c1nc(C(F)(F)F)cs1. The number of nitrogens with zero attached hydrogens (tertiary/aromatic N) is 3. The molecule has 0 fully saturated rings. The van der Waals surface area contributed by atoms with Gasteiger partial charge in [0.1, 0.15) is 24.4 Å². The number of oxime groups is 2. The molecular formula is C18H19F3N4O3S. The number of benzene rings is 1. The first-order chi connectivity index (χ1) is 13.7. The molecule has 0 saturated heterocycles. The second kappa shape index (κ2) is 9.50. The lowest BCUT2D eigenvalue weighted by atomic mass is 9.98. The van der Waals surface area contributed by atoms with E-state index in [0.29, 0.717) is 11.1 Å². The van der Waals surface area contributed by atoms with Crippen molar-refractivity contribution >= 4 is 28.7 Å². The maximum Gasteiger partial charge on any atom is 0.434 e. The third kappa shape index (κ3) is 5.53. The average Bonchev–Trinajstić information content (AvgIpc) is 3.17. The van der Waals surface area contributed by atoms with Crippen molar-refractivity contribution < 1.29 is 27.6 Å². The number of hydrogen-bond donors (Lipinski definition) is 1. The number of hydrogen-bond acceptors (Lipinski definition) is 7. The van der Waals surface area contributed by atoms with Gasteiger partial charge in [-0.1, -0.05) is 28.5 Å². The van der Waals surface area contributed by atoms with Crippen molar-refractivity contribution in [1.29, 1.82) is 0 Å². The number of halogens is 3. The van der Waals surface area contributed by atoms with Crippen LogP contribution in [0.2, 0.25) is 0 Å². The van der Waals surface area contributed by atoms with Crippen LogP contribution in [0.4, 0.5) is 13.2 Å². The molecule has 2 aromatic rings. The summed E-state index contributed by atoms with van der Waals surface area (Å²) in [4.78, 5) is 25.8. The molecule has 156 valence electrons. The summed E-state index contributed by atoms with van der Waals surface area (Å²) in [5, 5.41) is 11.2. The van der Waals surface area contributed by atoms with E-state index in [1.54, 1.807) is 12.1 Å². The van der Waals surface area contributed by atoms with Crippen molar-refractivity contribution in [3.63, 3.8) is 0 Å². The molecule has 1 aromatic heterocycles. The normalized spacial score (nSPS) is 12.7. The molecule has 0 unspecified atom stereocenters.